The van der Waals surface area contributed by atoms with E-state index >= 15 is 0 Å². The van der Waals surface area contributed by atoms with Crippen LogP contribution in [-0.4, -0.2) is 62.1 Å². The summed E-state index contributed by atoms with van der Waals surface area (Å²) in [6.07, 6.45) is 9.53. The smallest absolute Gasteiger partial charge is 0.234 e. The zero-order valence-corrected chi connectivity index (χ0v) is 20.2. The first kappa shape index (κ1) is 24.1. The highest BCUT2D eigenvalue weighted by atomic mass is 32.1. The lowest BCUT2D eigenvalue weighted by Gasteiger charge is -2.36. The van der Waals surface area contributed by atoms with Gasteiger partial charge in [0, 0.05) is 42.5 Å². The lowest BCUT2D eigenvalue weighted by molar-refractivity contribution is -0.122. The Hall–Kier alpha value is -1.60. The Morgan fingerprint density at radius 2 is 1.97 bits per heavy atom. The van der Waals surface area contributed by atoms with Gasteiger partial charge in [0.25, 0.3) is 0 Å². The predicted octanol–water partition coefficient (Wildman–Crippen LogP) is 3.50. The molecule has 1 saturated heterocycles. The van der Waals surface area contributed by atoms with Gasteiger partial charge in [-0.05, 0) is 50.5 Å². The number of hydrogen-bond acceptors (Lipinski definition) is 4. The van der Waals surface area contributed by atoms with Crippen molar-refractivity contribution in [2.45, 2.75) is 76.7 Å². The van der Waals surface area contributed by atoms with Gasteiger partial charge in [-0.1, -0.05) is 32.3 Å². The van der Waals surface area contributed by atoms with E-state index in [0.717, 1.165) is 57.9 Å². The molecule has 3 N–H and O–H groups in total. The van der Waals surface area contributed by atoms with E-state index in [9.17, 15) is 4.79 Å². The minimum atomic E-state index is 0.148. The fraction of sp³-hybridized carbons (Fsp3) is 0.750. The first-order valence-corrected chi connectivity index (χ1v) is 13.1. The van der Waals surface area contributed by atoms with Gasteiger partial charge in [0.1, 0.15) is 0 Å². The molecule has 0 radical (unpaired) electrons. The molecule has 1 saturated carbocycles. The maximum atomic E-state index is 12.0. The van der Waals surface area contributed by atoms with Gasteiger partial charge in [-0.2, -0.15) is 0 Å². The van der Waals surface area contributed by atoms with Crippen molar-refractivity contribution in [3.63, 3.8) is 0 Å². The number of guanidine groups is 1. The molecule has 7 heteroatoms. The van der Waals surface area contributed by atoms with E-state index < -0.39 is 0 Å². The quantitative estimate of drug-likeness (QED) is 0.400. The van der Waals surface area contributed by atoms with E-state index in [0.29, 0.717) is 12.6 Å². The lowest BCUT2D eigenvalue weighted by atomic mass is 9.73. The first-order chi connectivity index (χ1) is 15.1. The highest BCUT2D eigenvalue weighted by Gasteiger charge is 2.35. The van der Waals surface area contributed by atoms with Crippen LogP contribution in [0.15, 0.2) is 22.5 Å². The average molecular weight is 448 g/mol. The lowest BCUT2D eigenvalue weighted by Crippen LogP contribution is -2.50. The van der Waals surface area contributed by atoms with E-state index in [4.69, 9.17) is 4.99 Å². The third-order valence-electron chi connectivity index (χ3n) is 6.61. The Morgan fingerprint density at radius 3 is 2.61 bits per heavy atom. The molecule has 2 heterocycles. The van der Waals surface area contributed by atoms with Crippen LogP contribution in [0.5, 0.6) is 0 Å². The topological polar surface area (TPSA) is 68.8 Å². The van der Waals surface area contributed by atoms with Gasteiger partial charge in [0.15, 0.2) is 5.96 Å². The van der Waals surface area contributed by atoms with Crippen molar-refractivity contribution in [3.8, 4) is 0 Å². The number of rotatable bonds is 9. The molecule has 1 aliphatic carbocycles. The minimum absolute atomic E-state index is 0.148. The number of aliphatic imine (C=N–C) groups is 1. The van der Waals surface area contributed by atoms with Gasteiger partial charge in [0.2, 0.25) is 5.91 Å². The molecule has 0 unspecified atom stereocenters. The zero-order chi connectivity index (χ0) is 21.9. The molecule has 0 bridgehead atoms. The number of carbonyl (C=O) groups is 1. The summed E-state index contributed by atoms with van der Waals surface area (Å²) in [5.74, 6) is 1.10. The van der Waals surface area contributed by atoms with Crippen LogP contribution < -0.4 is 16.0 Å². The van der Waals surface area contributed by atoms with Gasteiger partial charge >= 0.3 is 0 Å². The Labute approximate surface area is 192 Å². The van der Waals surface area contributed by atoms with Crippen LogP contribution in [0.4, 0.5) is 0 Å². The zero-order valence-electron chi connectivity index (χ0n) is 19.4. The molecule has 0 aromatic carbocycles. The molecule has 0 spiro atoms. The molecule has 2 fully saturated rings. The molecule has 1 amide bonds. The van der Waals surface area contributed by atoms with Crippen molar-refractivity contribution in [3.05, 3.63) is 22.4 Å². The van der Waals surface area contributed by atoms with Crippen LogP contribution in [0, 0.1) is 0 Å². The Balaban J connectivity index is 1.54. The summed E-state index contributed by atoms with van der Waals surface area (Å²) in [4.78, 5) is 20.8. The largest absolute Gasteiger partial charge is 0.357 e. The van der Waals surface area contributed by atoms with Crippen molar-refractivity contribution in [2.75, 3.05) is 39.3 Å². The second kappa shape index (κ2) is 12.4. The molecule has 6 nitrogen and oxygen atoms in total. The standard InChI is InChI=1S/C24H41N5OS/c1-3-14-26-22(30)18-29-15-10-20(11-16-29)28-23(25-4-2)27-19-24(12-6-5-7-13-24)21-9-8-17-31-21/h8-9,17,20H,3-7,10-16,18-19H2,1-2H3,(H,26,30)(H2,25,27,28). The van der Waals surface area contributed by atoms with E-state index in [1.54, 1.807) is 0 Å². The van der Waals surface area contributed by atoms with Crippen molar-refractivity contribution >= 4 is 23.2 Å². The molecule has 1 aliphatic heterocycles. The summed E-state index contributed by atoms with van der Waals surface area (Å²) in [7, 11) is 0. The Kier molecular flexibility index (Phi) is 9.65. The first-order valence-electron chi connectivity index (χ1n) is 12.2. The highest BCUT2D eigenvalue weighted by molar-refractivity contribution is 7.10. The normalized spacial score (nSPS) is 20.4. The molecular formula is C24H41N5OS. The predicted molar refractivity (Wildman–Crippen MR) is 131 cm³/mol. The Morgan fingerprint density at radius 1 is 1.19 bits per heavy atom. The molecule has 3 rings (SSSR count). The summed E-state index contributed by atoms with van der Waals surface area (Å²) in [5.41, 5.74) is 0.212. The van der Waals surface area contributed by atoms with Gasteiger partial charge in [-0.3, -0.25) is 14.7 Å². The molecule has 1 aromatic heterocycles. The molecule has 2 aliphatic rings. The van der Waals surface area contributed by atoms with Crippen molar-refractivity contribution in [1.29, 1.82) is 0 Å². The number of nitrogens with one attached hydrogen (secondary N) is 3. The molecular weight excluding hydrogens is 406 g/mol. The molecule has 174 valence electrons. The summed E-state index contributed by atoms with van der Waals surface area (Å²) in [6, 6.07) is 4.90. The molecule has 1 aromatic rings. The van der Waals surface area contributed by atoms with Crippen LogP contribution in [0.3, 0.4) is 0 Å². The van der Waals surface area contributed by atoms with Crippen LogP contribution in [0.1, 0.15) is 70.1 Å². The fourth-order valence-corrected chi connectivity index (χ4v) is 5.77. The van der Waals surface area contributed by atoms with Crippen molar-refractivity contribution in [2.24, 2.45) is 4.99 Å². The maximum absolute atomic E-state index is 12.0. The second-order valence-corrected chi connectivity index (χ2v) is 10.0. The monoisotopic (exact) mass is 447 g/mol. The van der Waals surface area contributed by atoms with Crippen LogP contribution in [0.2, 0.25) is 0 Å². The summed E-state index contributed by atoms with van der Waals surface area (Å²) in [5, 5.41) is 12.3. The number of thiophene rings is 1. The van der Waals surface area contributed by atoms with Gasteiger partial charge < -0.3 is 16.0 Å². The van der Waals surface area contributed by atoms with Crippen LogP contribution in [-0.2, 0) is 10.2 Å². The third kappa shape index (κ3) is 7.21. The SMILES string of the molecule is CCCNC(=O)CN1CCC(NC(=NCC2(c3cccs3)CCCCC2)NCC)CC1. The van der Waals surface area contributed by atoms with Crippen molar-refractivity contribution < 1.29 is 4.79 Å². The average Bonchev–Trinajstić information content (AvgIpc) is 3.34. The van der Waals surface area contributed by atoms with E-state index in [1.165, 1.54) is 37.0 Å². The van der Waals surface area contributed by atoms with Crippen LogP contribution in [0.25, 0.3) is 0 Å². The summed E-state index contributed by atoms with van der Waals surface area (Å²) in [6.45, 7) is 9.14. The van der Waals surface area contributed by atoms with E-state index in [2.05, 4.69) is 52.2 Å². The maximum Gasteiger partial charge on any atom is 0.234 e. The fourth-order valence-electron chi connectivity index (χ4n) is 4.79. The minimum Gasteiger partial charge on any atom is -0.357 e. The molecule has 0 atom stereocenters. The van der Waals surface area contributed by atoms with Gasteiger partial charge in [-0.15, -0.1) is 11.3 Å². The molecule has 31 heavy (non-hydrogen) atoms. The second-order valence-electron chi connectivity index (χ2n) is 9.06. The highest BCUT2D eigenvalue weighted by Crippen LogP contribution is 2.41. The van der Waals surface area contributed by atoms with E-state index in [1.807, 2.05) is 11.3 Å². The number of carbonyl (C=O) groups excluding carboxylic acids is 1. The summed E-state index contributed by atoms with van der Waals surface area (Å²) >= 11 is 1.89. The number of hydrogen-bond donors (Lipinski definition) is 3. The number of likely N-dealkylation sites (tertiary alicyclic amines) is 1. The number of piperidine rings is 1. The van der Waals surface area contributed by atoms with Gasteiger partial charge in [-0.25, -0.2) is 0 Å². The summed E-state index contributed by atoms with van der Waals surface area (Å²) < 4.78 is 0. The number of nitrogens with zero attached hydrogens (tertiary/aromatic N) is 2. The Bertz CT molecular complexity index is 676. The van der Waals surface area contributed by atoms with E-state index in [-0.39, 0.29) is 11.3 Å². The van der Waals surface area contributed by atoms with Crippen molar-refractivity contribution in [1.82, 2.24) is 20.9 Å². The van der Waals surface area contributed by atoms with Gasteiger partial charge in [0.05, 0.1) is 13.1 Å². The van der Waals surface area contributed by atoms with Crippen LogP contribution >= 0.6 is 11.3 Å². The third-order valence-corrected chi connectivity index (χ3v) is 7.72. The number of amides is 1.